The van der Waals surface area contributed by atoms with Gasteiger partial charge in [0.2, 0.25) is 0 Å². The van der Waals surface area contributed by atoms with E-state index in [9.17, 15) is 13.2 Å². The van der Waals surface area contributed by atoms with E-state index in [1.807, 2.05) is 13.0 Å². The molecule has 94 valence electrons. The van der Waals surface area contributed by atoms with E-state index < -0.39 is 15.1 Å². The van der Waals surface area contributed by atoms with Gasteiger partial charge in [0, 0.05) is 4.88 Å². The zero-order valence-corrected chi connectivity index (χ0v) is 11.4. The number of sulfone groups is 1. The first-order chi connectivity index (χ1) is 8.04. The third kappa shape index (κ3) is 2.60. The van der Waals surface area contributed by atoms with E-state index in [0.29, 0.717) is 17.7 Å². The largest absolute Gasteiger partial charge is 0.292 e. The molecular formula is C12H16O3S2. The summed E-state index contributed by atoms with van der Waals surface area (Å²) in [6.07, 6.45) is 2.90. The predicted octanol–water partition coefficient (Wildman–Crippen LogP) is 2.46. The molecule has 3 nitrogen and oxygen atoms in total. The smallest absolute Gasteiger partial charge is 0.190 e. The van der Waals surface area contributed by atoms with Crippen molar-refractivity contribution in [3.05, 3.63) is 21.9 Å². The summed E-state index contributed by atoms with van der Waals surface area (Å²) < 4.78 is 23.7. The van der Waals surface area contributed by atoms with Gasteiger partial charge in [-0.1, -0.05) is 13.3 Å². The summed E-state index contributed by atoms with van der Waals surface area (Å²) in [4.78, 5) is 13.9. The van der Waals surface area contributed by atoms with Gasteiger partial charge in [-0.25, -0.2) is 8.42 Å². The highest BCUT2D eigenvalue weighted by atomic mass is 32.2. The van der Waals surface area contributed by atoms with Crippen LogP contribution in [-0.4, -0.2) is 25.2 Å². The van der Waals surface area contributed by atoms with E-state index in [1.165, 1.54) is 11.3 Å². The van der Waals surface area contributed by atoms with E-state index in [1.54, 1.807) is 6.07 Å². The van der Waals surface area contributed by atoms with E-state index >= 15 is 0 Å². The minimum absolute atomic E-state index is 0.162. The Morgan fingerprint density at radius 3 is 2.76 bits per heavy atom. The molecule has 1 unspecified atom stereocenters. The second-order valence-electron chi connectivity index (χ2n) is 4.34. The monoisotopic (exact) mass is 272 g/mol. The average molecular weight is 272 g/mol. The Hall–Kier alpha value is -0.680. The molecule has 1 aromatic rings. The Balaban J connectivity index is 2.24. The summed E-state index contributed by atoms with van der Waals surface area (Å²) >= 11 is 1.42. The van der Waals surface area contributed by atoms with E-state index in [0.717, 1.165) is 17.7 Å². The summed E-state index contributed by atoms with van der Waals surface area (Å²) in [5.41, 5.74) is 0. The SMILES string of the molecule is CCc1ccc(C(=O)C2CCCCS2(=O)=O)s1. The predicted molar refractivity (Wildman–Crippen MR) is 69.5 cm³/mol. The summed E-state index contributed by atoms with van der Waals surface area (Å²) in [7, 11) is -3.21. The van der Waals surface area contributed by atoms with Crippen LogP contribution in [0.15, 0.2) is 12.1 Å². The van der Waals surface area contributed by atoms with Crippen molar-refractivity contribution in [2.45, 2.75) is 37.9 Å². The Morgan fingerprint density at radius 2 is 2.18 bits per heavy atom. The van der Waals surface area contributed by atoms with Gasteiger partial charge in [0.25, 0.3) is 0 Å². The van der Waals surface area contributed by atoms with Gasteiger partial charge in [-0.05, 0) is 31.4 Å². The maximum atomic E-state index is 12.2. The fourth-order valence-electron chi connectivity index (χ4n) is 2.11. The molecular weight excluding hydrogens is 256 g/mol. The Kier molecular flexibility index (Phi) is 3.68. The molecule has 0 bridgehead atoms. The van der Waals surface area contributed by atoms with Gasteiger partial charge >= 0.3 is 0 Å². The summed E-state index contributed by atoms with van der Waals surface area (Å²) in [6, 6.07) is 3.67. The van der Waals surface area contributed by atoms with Gasteiger partial charge in [-0.2, -0.15) is 0 Å². The first-order valence-electron chi connectivity index (χ1n) is 5.89. The van der Waals surface area contributed by atoms with Crippen LogP contribution < -0.4 is 0 Å². The minimum Gasteiger partial charge on any atom is -0.292 e. The summed E-state index contributed by atoms with van der Waals surface area (Å²) in [5, 5.41) is -0.792. The van der Waals surface area contributed by atoms with Gasteiger partial charge < -0.3 is 0 Å². The Labute approximate surface area is 106 Å². The van der Waals surface area contributed by atoms with Crippen LogP contribution in [0.25, 0.3) is 0 Å². The third-order valence-electron chi connectivity index (χ3n) is 3.12. The van der Waals surface area contributed by atoms with Gasteiger partial charge in [0.1, 0.15) is 5.25 Å². The molecule has 0 aromatic carbocycles. The van der Waals surface area contributed by atoms with E-state index in [4.69, 9.17) is 0 Å². The topological polar surface area (TPSA) is 51.2 Å². The number of rotatable bonds is 3. The van der Waals surface area contributed by atoms with E-state index in [2.05, 4.69) is 0 Å². The van der Waals surface area contributed by atoms with Crippen LogP contribution in [0.4, 0.5) is 0 Å². The molecule has 1 aliphatic heterocycles. The molecule has 17 heavy (non-hydrogen) atoms. The standard InChI is InChI=1S/C12H16O3S2/c1-2-9-6-7-10(16-9)12(13)11-5-3-4-8-17(11,14)15/h6-7,11H,2-5,8H2,1H3. The van der Waals surface area contributed by atoms with Crippen molar-refractivity contribution in [1.82, 2.24) is 0 Å². The maximum absolute atomic E-state index is 12.2. The van der Waals surface area contributed by atoms with Crippen LogP contribution in [0.1, 0.15) is 40.7 Å². The lowest BCUT2D eigenvalue weighted by atomic mass is 10.1. The Morgan fingerprint density at radius 1 is 1.41 bits per heavy atom. The fraction of sp³-hybridized carbons (Fsp3) is 0.583. The number of aryl methyl sites for hydroxylation is 1. The number of ketones is 1. The second kappa shape index (κ2) is 4.90. The van der Waals surface area contributed by atoms with Gasteiger partial charge in [-0.15, -0.1) is 11.3 Å². The second-order valence-corrected chi connectivity index (χ2v) is 7.81. The van der Waals surface area contributed by atoms with Crippen LogP contribution >= 0.6 is 11.3 Å². The molecule has 1 atom stereocenters. The van der Waals surface area contributed by atoms with Crippen LogP contribution in [0.3, 0.4) is 0 Å². The van der Waals surface area contributed by atoms with Gasteiger partial charge in [0.15, 0.2) is 15.6 Å². The molecule has 2 rings (SSSR count). The molecule has 0 spiro atoms. The lowest BCUT2D eigenvalue weighted by Crippen LogP contribution is -2.35. The number of carbonyl (C=O) groups is 1. The van der Waals surface area contributed by atoms with Crippen molar-refractivity contribution in [3.8, 4) is 0 Å². The molecule has 1 aliphatic rings. The molecule has 1 saturated heterocycles. The molecule has 0 amide bonds. The number of hydrogen-bond acceptors (Lipinski definition) is 4. The summed E-state index contributed by atoms with van der Waals surface area (Å²) in [6.45, 7) is 2.03. The number of Topliss-reactive ketones (excluding diaryl/α,β-unsaturated/α-hetero) is 1. The quantitative estimate of drug-likeness (QED) is 0.794. The van der Waals surface area contributed by atoms with Gasteiger partial charge in [0.05, 0.1) is 10.6 Å². The van der Waals surface area contributed by atoms with Crippen molar-refractivity contribution in [2.75, 3.05) is 5.75 Å². The first-order valence-corrected chi connectivity index (χ1v) is 8.42. The lowest BCUT2D eigenvalue weighted by Gasteiger charge is -2.20. The maximum Gasteiger partial charge on any atom is 0.190 e. The molecule has 5 heteroatoms. The zero-order chi connectivity index (χ0) is 12.5. The van der Waals surface area contributed by atoms with Crippen molar-refractivity contribution in [3.63, 3.8) is 0 Å². The number of thiophene rings is 1. The molecule has 1 aromatic heterocycles. The highest BCUT2D eigenvalue weighted by Gasteiger charge is 2.35. The van der Waals surface area contributed by atoms with Crippen LogP contribution in [0.2, 0.25) is 0 Å². The van der Waals surface area contributed by atoms with Crippen molar-refractivity contribution >= 4 is 27.0 Å². The highest BCUT2D eigenvalue weighted by molar-refractivity contribution is 7.92. The van der Waals surface area contributed by atoms with E-state index in [-0.39, 0.29) is 11.5 Å². The average Bonchev–Trinajstić information content (AvgIpc) is 2.76. The fourth-order valence-corrected chi connectivity index (χ4v) is 4.99. The summed E-state index contributed by atoms with van der Waals surface area (Å²) in [5.74, 6) is -0.0375. The van der Waals surface area contributed by atoms with Crippen LogP contribution in [0.5, 0.6) is 0 Å². The zero-order valence-electron chi connectivity index (χ0n) is 9.81. The third-order valence-corrected chi connectivity index (χ3v) is 6.54. The van der Waals surface area contributed by atoms with Crippen molar-refractivity contribution in [1.29, 1.82) is 0 Å². The first kappa shape index (κ1) is 12.8. The Bertz CT molecular complexity index is 514. The normalized spacial score (nSPS) is 23.5. The van der Waals surface area contributed by atoms with Gasteiger partial charge in [-0.3, -0.25) is 4.79 Å². The highest BCUT2D eigenvalue weighted by Crippen LogP contribution is 2.26. The number of hydrogen-bond donors (Lipinski definition) is 0. The van der Waals surface area contributed by atoms with Crippen LogP contribution in [-0.2, 0) is 16.3 Å². The molecule has 0 saturated carbocycles. The lowest BCUT2D eigenvalue weighted by molar-refractivity contribution is 0.0985. The molecule has 2 heterocycles. The number of carbonyl (C=O) groups excluding carboxylic acids is 1. The molecule has 0 radical (unpaired) electrons. The minimum atomic E-state index is -3.21. The molecule has 0 aliphatic carbocycles. The molecule has 1 fully saturated rings. The molecule has 0 N–H and O–H groups in total. The van der Waals surface area contributed by atoms with Crippen molar-refractivity contribution < 1.29 is 13.2 Å². The van der Waals surface area contributed by atoms with Crippen LogP contribution in [0, 0.1) is 0 Å². The van der Waals surface area contributed by atoms with Crippen molar-refractivity contribution in [2.24, 2.45) is 0 Å².